The minimum atomic E-state index is 0.443. The summed E-state index contributed by atoms with van der Waals surface area (Å²) in [5.41, 5.74) is 1.01. The van der Waals surface area contributed by atoms with Gasteiger partial charge < -0.3 is 9.47 Å². The third-order valence-corrected chi connectivity index (χ3v) is 4.51. The van der Waals surface area contributed by atoms with Crippen molar-refractivity contribution in [3.8, 4) is 5.75 Å². The molecule has 3 nitrogen and oxygen atoms in total. The largest absolute Gasteiger partial charge is 0.492 e. The second-order valence-corrected chi connectivity index (χ2v) is 5.93. The van der Waals surface area contributed by atoms with Gasteiger partial charge in [-0.25, -0.2) is 4.98 Å². The number of thiazole rings is 1. The van der Waals surface area contributed by atoms with Crippen molar-refractivity contribution in [2.45, 2.75) is 38.7 Å². The molecule has 0 spiro atoms. The number of ether oxygens (including phenoxy) is 2. The topological polar surface area (TPSA) is 31.4 Å². The smallest absolute Gasteiger partial charge is 0.146 e. The van der Waals surface area contributed by atoms with Crippen LogP contribution in [0.3, 0.4) is 0 Å². The van der Waals surface area contributed by atoms with Crippen LogP contribution < -0.4 is 4.74 Å². The highest BCUT2D eigenvalue weighted by Gasteiger charge is 2.16. The molecule has 0 radical (unpaired) electrons. The lowest BCUT2D eigenvalue weighted by molar-refractivity contribution is 0.104. The van der Waals surface area contributed by atoms with Crippen molar-refractivity contribution in [2.75, 3.05) is 13.2 Å². The van der Waals surface area contributed by atoms with Gasteiger partial charge in [-0.1, -0.05) is 6.07 Å². The van der Waals surface area contributed by atoms with Gasteiger partial charge in [0.15, 0.2) is 0 Å². The first kappa shape index (κ1) is 12.9. The van der Waals surface area contributed by atoms with Crippen LogP contribution in [0, 0.1) is 0 Å². The van der Waals surface area contributed by atoms with Crippen molar-refractivity contribution in [3.05, 3.63) is 23.2 Å². The molecular formula is C15H19NO2S. The minimum absolute atomic E-state index is 0.443. The van der Waals surface area contributed by atoms with Gasteiger partial charge in [0.2, 0.25) is 0 Å². The number of aryl methyl sites for hydroxylation is 1. The molecule has 3 rings (SSSR count). The first-order valence-electron chi connectivity index (χ1n) is 6.99. The second kappa shape index (κ2) is 5.88. The average molecular weight is 277 g/mol. The fourth-order valence-corrected chi connectivity index (χ4v) is 3.50. The number of aromatic nitrogens is 1. The summed E-state index contributed by atoms with van der Waals surface area (Å²) in [5, 5.41) is 1.19. The van der Waals surface area contributed by atoms with Crippen molar-refractivity contribution in [1.82, 2.24) is 4.98 Å². The monoisotopic (exact) mass is 277 g/mol. The molecule has 1 aromatic carbocycles. The quantitative estimate of drug-likeness (QED) is 0.833. The Morgan fingerprint density at radius 2 is 2.42 bits per heavy atom. The fraction of sp³-hybridized carbons (Fsp3) is 0.533. The Balaban J connectivity index is 1.75. The van der Waals surface area contributed by atoms with Gasteiger partial charge in [-0.15, -0.1) is 11.3 Å². The van der Waals surface area contributed by atoms with E-state index < -0.39 is 0 Å². The van der Waals surface area contributed by atoms with Crippen LogP contribution in [0.15, 0.2) is 18.2 Å². The van der Waals surface area contributed by atoms with Crippen molar-refractivity contribution >= 4 is 21.6 Å². The summed E-state index contributed by atoms with van der Waals surface area (Å²) in [6, 6.07) is 6.15. The van der Waals surface area contributed by atoms with Crippen LogP contribution in [0.25, 0.3) is 10.2 Å². The van der Waals surface area contributed by atoms with Crippen molar-refractivity contribution in [2.24, 2.45) is 0 Å². The van der Waals surface area contributed by atoms with E-state index in [0.29, 0.717) is 12.7 Å². The van der Waals surface area contributed by atoms with E-state index in [1.165, 1.54) is 22.5 Å². The Kier molecular flexibility index (Phi) is 3.99. The van der Waals surface area contributed by atoms with E-state index in [2.05, 4.69) is 6.07 Å². The number of benzene rings is 1. The predicted octanol–water partition coefficient (Wildman–Crippen LogP) is 3.81. The zero-order valence-corrected chi connectivity index (χ0v) is 12.0. The van der Waals surface area contributed by atoms with Crippen LogP contribution in [0.2, 0.25) is 0 Å². The molecule has 0 amide bonds. The summed E-state index contributed by atoms with van der Waals surface area (Å²) in [4.78, 5) is 4.73. The lowest BCUT2D eigenvalue weighted by Gasteiger charge is -2.06. The van der Waals surface area contributed by atoms with Crippen LogP contribution in [0.1, 0.15) is 31.2 Å². The standard InChI is InChI=1S/C15H19NO2S/c1-2-17-12-6-3-7-13-15(12)16-14(19-13)9-8-11-5-4-10-18-11/h3,6-7,11H,2,4-5,8-10H2,1H3. The molecule has 1 aliphatic rings. The molecule has 0 bridgehead atoms. The fourth-order valence-electron chi connectivity index (χ4n) is 2.50. The molecule has 1 unspecified atom stereocenters. The molecule has 1 saturated heterocycles. The van der Waals surface area contributed by atoms with Gasteiger partial charge in [-0.05, 0) is 38.3 Å². The summed E-state index contributed by atoms with van der Waals surface area (Å²) in [6.45, 7) is 3.62. The number of fused-ring (bicyclic) bond motifs is 1. The molecular weight excluding hydrogens is 258 g/mol. The maximum absolute atomic E-state index is 5.66. The highest BCUT2D eigenvalue weighted by atomic mass is 32.1. The SMILES string of the molecule is CCOc1cccc2sc(CCC3CCCO3)nc12. The third-order valence-electron chi connectivity index (χ3n) is 3.43. The van der Waals surface area contributed by atoms with Crippen LogP contribution in [-0.2, 0) is 11.2 Å². The molecule has 4 heteroatoms. The maximum Gasteiger partial charge on any atom is 0.146 e. The Morgan fingerprint density at radius 1 is 1.47 bits per heavy atom. The first-order valence-corrected chi connectivity index (χ1v) is 7.81. The molecule has 0 saturated carbocycles. The van der Waals surface area contributed by atoms with Gasteiger partial charge >= 0.3 is 0 Å². The zero-order chi connectivity index (χ0) is 13.1. The van der Waals surface area contributed by atoms with E-state index in [1.807, 2.05) is 19.1 Å². The molecule has 19 heavy (non-hydrogen) atoms. The van der Waals surface area contributed by atoms with E-state index in [0.717, 1.165) is 30.7 Å². The molecule has 2 aromatic rings. The second-order valence-electron chi connectivity index (χ2n) is 4.82. The van der Waals surface area contributed by atoms with Crippen molar-refractivity contribution < 1.29 is 9.47 Å². The van der Waals surface area contributed by atoms with E-state index in [1.54, 1.807) is 11.3 Å². The van der Waals surface area contributed by atoms with E-state index >= 15 is 0 Å². The molecule has 1 aromatic heterocycles. The zero-order valence-electron chi connectivity index (χ0n) is 11.2. The van der Waals surface area contributed by atoms with Crippen LogP contribution in [0.4, 0.5) is 0 Å². The normalized spacial score (nSPS) is 19.1. The lowest BCUT2D eigenvalue weighted by atomic mass is 10.1. The van der Waals surface area contributed by atoms with E-state index in [9.17, 15) is 0 Å². The minimum Gasteiger partial charge on any atom is -0.492 e. The summed E-state index contributed by atoms with van der Waals surface area (Å²) in [6.07, 6.45) is 4.95. The predicted molar refractivity (Wildman–Crippen MR) is 78.1 cm³/mol. The highest BCUT2D eigenvalue weighted by molar-refractivity contribution is 7.18. The van der Waals surface area contributed by atoms with Crippen LogP contribution in [-0.4, -0.2) is 24.3 Å². The van der Waals surface area contributed by atoms with Gasteiger partial charge in [0.1, 0.15) is 11.3 Å². The van der Waals surface area contributed by atoms with Gasteiger partial charge in [0, 0.05) is 13.0 Å². The molecule has 1 atom stereocenters. The van der Waals surface area contributed by atoms with Gasteiger partial charge in [-0.3, -0.25) is 0 Å². The van der Waals surface area contributed by atoms with Gasteiger partial charge in [-0.2, -0.15) is 0 Å². The number of para-hydroxylation sites is 1. The molecule has 1 aliphatic heterocycles. The summed E-state index contributed by atoms with van der Waals surface area (Å²) >= 11 is 1.77. The van der Waals surface area contributed by atoms with Crippen LogP contribution in [0.5, 0.6) is 5.75 Å². The summed E-state index contributed by atoms with van der Waals surface area (Å²) in [5.74, 6) is 0.902. The van der Waals surface area contributed by atoms with E-state index in [-0.39, 0.29) is 0 Å². The third kappa shape index (κ3) is 2.90. The molecule has 0 aliphatic carbocycles. The Hall–Kier alpha value is -1.13. The first-order chi connectivity index (χ1) is 9.36. The molecule has 2 heterocycles. The van der Waals surface area contributed by atoms with Crippen molar-refractivity contribution in [1.29, 1.82) is 0 Å². The Labute approximate surface area is 117 Å². The molecule has 1 fully saturated rings. The van der Waals surface area contributed by atoms with Gasteiger partial charge in [0.05, 0.1) is 22.4 Å². The van der Waals surface area contributed by atoms with Crippen LogP contribution >= 0.6 is 11.3 Å². The number of hydrogen-bond acceptors (Lipinski definition) is 4. The Morgan fingerprint density at radius 3 is 3.21 bits per heavy atom. The maximum atomic E-state index is 5.66. The number of hydrogen-bond donors (Lipinski definition) is 0. The summed E-state index contributed by atoms with van der Waals surface area (Å²) in [7, 11) is 0. The van der Waals surface area contributed by atoms with Gasteiger partial charge in [0.25, 0.3) is 0 Å². The number of nitrogens with zero attached hydrogens (tertiary/aromatic N) is 1. The average Bonchev–Trinajstić information content (AvgIpc) is 3.06. The molecule has 0 N–H and O–H groups in total. The lowest BCUT2D eigenvalue weighted by Crippen LogP contribution is -2.05. The van der Waals surface area contributed by atoms with Crippen molar-refractivity contribution in [3.63, 3.8) is 0 Å². The molecule has 102 valence electrons. The Bertz CT molecular complexity index is 546. The summed E-state index contributed by atoms with van der Waals surface area (Å²) < 4.78 is 12.5. The highest BCUT2D eigenvalue weighted by Crippen LogP contribution is 2.31. The number of rotatable bonds is 5. The van der Waals surface area contributed by atoms with E-state index in [4.69, 9.17) is 14.5 Å².